The van der Waals surface area contributed by atoms with Crippen molar-refractivity contribution in [1.29, 1.82) is 0 Å². The maximum absolute atomic E-state index is 13.9. The van der Waals surface area contributed by atoms with Gasteiger partial charge in [0.2, 0.25) is 10.0 Å². The zero-order valence-corrected chi connectivity index (χ0v) is 11.0. The Morgan fingerprint density at radius 2 is 1.83 bits per heavy atom. The van der Waals surface area contributed by atoms with Gasteiger partial charge >= 0.3 is 0 Å². The monoisotopic (exact) mass is 273 g/mol. The van der Waals surface area contributed by atoms with Gasteiger partial charge in [-0.15, -0.1) is 0 Å². The van der Waals surface area contributed by atoms with Crippen LogP contribution in [0.25, 0.3) is 0 Å². The number of likely N-dealkylation sites (N-methyl/N-ethyl adjacent to an activating group) is 1. The highest BCUT2D eigenvalue weighted by Gasteiger charge is 2.19. The molecular weight excluding hydrogens is 257 g/mol. The average molecular weight is 273 g/mol. The van der Waals surface area contributed by atoms with Crippen molar-refractivity contribution < 1.29 is 12.8 Å². The van der Waals surface area contributed by atoms with Gasteiger partial charge in [0.25, 0.3) is 0 Å². The average Bonchev–Trinajstić information content (AvgIpc) is 2.29. The van der Waals surface area contributed by atoms with Crippen LogP contribution in [0.4, 0.5) is 10.1 Å². The van der Waals surface area contributed by atoms with Gasteiger partial charge in [0.1, 0.15) is 5.82 Å². The number of piperazine rings is 1. The number of hydrogen-bond donors (Lipinski definition) is 1. The van der Waals surface area contributed by atoms with Crippen molar-refractivity contribution in [2.75, 3.05) is 38.1 Å². The van der Waals surface area contributed by atoms with E-state index in [4.69, 9.17) is 5.14 Å². The van der Waals surface area contributed by atoms with E-state index in [1.54, 1.807) is 0 Å². The van der Waals surface area contributed by atoms with E-state index in [2.05, 4.69) is 4.90 Å². The first-order chi connectivity index (χ1) is 8.38. The lowest BCUT2D eigenvalue weighted by molar-refractivity contribution is 0.311. The lowest BCUT2D eigenvalue weighted by Gasteiger charge is -2.34. The number of primary sulfonamides is 1. The molecule has 0 bridgehead atoms. The summed E-state index contributed by atoms with van der Waals surface area (Å²) < 4.78 is 36.1. The van der Waals surface area contributed by atoms with E-state index >= 15 is 0 Å². The van der Waals surface area contributed by atoms with Gasteiger partial charge in [-0.05, 0) is 25.2 Å². The van der Waals surface area contributed by atoms with E-state index in [0.29, 0.717) is 5.69 Å². The van der Waals surface area contributed by atoms with Crippen LogP contribution in [0.2, 0.25) is 0 Å². The molecule has 0 saturated carbocycles. The molecule has 7 heteroatoms. The van der Waals surface area contributed by atoms with Gasteiger partial charge < -0.3 is 9.80 Å². The highest BCUT2D eigenvalue weighted by atomic mass is 32.2. The maximum Gasteiger partial charge on any atom is 0.238 e. The SMILES string of the molecule is CN1CCN(c2ccc(S(N)(=O)=O)cc2F)CC1. The molecular formula is C11H16FN3O2S. The largest absolute Gasteiger partial charge is 0.367 e. The fourth-order valence-corrected chi connectivity index (χ4v) is 2.49. The first-order valence-corrected chi connectivity index (χ1v) is 7.18. The second-order valence-electron chi connectivity index (χ2n) is 4.45. The van der Waals surface area contributed by atoms with Gasteiger partial charge in [0.15, 0.2) is 0 Å². The number of nitrogens with two attached hydrogens (primary N) is 1. The summed E-state index contributed by atoms with van der Waals surface area (Å²) in [6, 6.07) is 3.79. The molecule has 1 saturated heterocycles. The van der Waals surface area contributed by atoms with Crippen LogP contribution in [0.15, 0.2) is 23.1 Å². The van der Waals surface area contributed by atoms with Crippen LogP contribution in [-0.2, 0) is 10.0 Å². The summed E-state index contributed by atoms with van der Waals surface area (Å²) in [6.45, 7) is 3.16. The Morgan fingerprint density at radius 3 is 2.33 bits per heavy atom. The molecule has 2 rings (SSSR count). The molecule has 1 aromatic carbocycles. The van der Waals surface area contributed by atoms with Crippen molar-refractivity contribution in [2.45, 2.75) is 4.90 Å². The van der Waals surface area contributed by atoms with Crippen molar-refractivity contribution >= 4 is 15.7 Å². The summed E-state index contributed by atoms with van der Waals surface area (Å²) in [5.41, 5.74) is 0.426. The Balaban J connectivity index is 2.25. The van der Waals surface area contributed by atoms with Gasteiger partial charge in [-0.2, -0.15) is 0 Å². The molecule has 0 radical (unpaired) electrons. The van der Waals surface area contributed by atoms with E-state index < -0.39 is 15.8 Å². The fourth-order valence-electron chi connectivity index (χ4n) is 1.97. The third-order valence-electron chi connectivity index (χ3n) is 3.09. The van der Waals surface area contributed by atoms with Crippen LogP contribution < -0.4 is 10.0 Å². The van der Waals surface area contributed by atoms with Crippen LogP contribution in [0.1, 0.15) is 0 Å². The standard InChI is InChI=1S/C11H16FN3O2S/c1-14-4-6-15(7-5-14)11-3-2-9(8-10(11)12)18(13,16)17/h2-3,8H,4-7H2,1H3,(H2,13,16,17). The third kappa shape index (κ3) is 2.80. The fraction of sp³-hybridized carbons (Fsp3) is 0.455. The highest BCUT2D eigenvalue weighted by Crippen LogP contribution is 2.23. The van der Waals surface area contributed by atoms with Crippen molar-refractivity contribution in [3.05, 3.63) is 24.0 Å². The first-order valence-electron chi connectivity index (χ1n) is 5.64. The van der Waals surface area contributed by atoms with Crippen LogP contribution in [0.3, 0.4) is 0 Å². The third-order valence-corrected chi connectivity index (χ3v) is 4.00. The van der Waals surface area contributed by atoms with Crippen LogP contribution in [-0.4, -0.2) is 46.5 Å². The number of benzene rings is 1. The molecule has 2 N–H and O–H groups in total. The van der Waals surface area contributed by atoms with Crippen molar-refractivity contribution in [3.8, 4) is 0 Å². The minimum absolute atomic E-state index is 0.196. The molecule has 100 valence electrons. The normalized spacial score (nSPS) is 18.1. The van der Waals surface area contributed by atoms with Crippen LogP contribution in [0, 0.1) is 5.82 Å². The Kier molecular flexibility index (Phi) is 3.56. The quantitative estimate of drug-likeness (QED) is 0.837. The summed E-state index contributed by atoms with van der Waals surface area (Å²) in [6.07, 6.45) is 0. The summed E-state index contributed by atoms with van der Waals surface area (Å²) in [7, 11) is -1.84. The topological polar surface area (TPSA) is 66.6 Å². The number of halogens is 1. The molecule has 5 nitrogen and oxygen atoms in total. The maximum atomic E-state index is 13.9. The number of nitrogens with zero attached hydrogens (tertiary/aromatic N) is 2. The number of rotatable bonds is 2. The Bertz CT molecular complexity index is 539. The van der Waals surface area contributed by atoms with Gasteiger partial charge in [-0.25, -0.2) is 17.9 Å². The molecule has 0 spiro atoms. The predicted octanol–water partition coefficient (Wildman–Crippen LogP) is 0.225. The zero-order chi connectivity index (χ0) is 13.3. The number of sulfonamides is 1. The lowest BCUT2D eigenvalue weighted by atomic mass is 10.2. The highest BCUT2D eigenvalue weighted by molar-refractivity contribution is 7.89. The van der Waals surface area contributed by atoms with Gasteiger partial charge in [-0.1, -0.05) is 0 Å². The van der Waals surface area contributed by atoms with Crippen LogP contribution in [0.5, 0.6) is 0 Å². The van der Waals surface area contributed by atoms with E-state index in [9.17, 15) is 12.8 Å². The molecule has 0 aromatic heterocycles. The summed E-state index contributed by atoms with van der Waals surface area (Å²) >= 11 is 0. The lowest BCUT2D eigenvalue weighted by Crippen LogP contribution is -2.44. The molecule has 1 aliphatic rings. The predicted molar refractivity (Wildman–Crippen MR) is 67.5 cm³/mol. The smallest absolute Gasteiger partial charge is 0.238 e. The van der Waals surface area contributed by atoms with E-state index in [1.165, 1.54) is 12.1 Å². The molecule has 0 unspecified atom stereocenters. The Labute approximate surface area is 106 Å². The molecule has 18 heavy (non-hydrogen) atoms. The van der Waals surface area contributed by atoms with Crippen molar-refractivity contribution in [3.63, 3.8) is 0 Å². The Hall–Kier alpha value is -1.18. The van der Waals surface area contributed by atoms with Gasteiger partial charge in [0, 0.05) is 26.2 Å². The molecule has 1 fully saturated rings. The van der Waals surface area contributed by atoms with E-state index in [0.717, 1.165) is 32.2 Å². The second-order valence-corrected chi connectivity index (χ2v) is 6.01. The minimum Gasteiger partial charge on any atom is -0.367 e. The zero-order valence-electron chi connectivity index (χ0n) is 10.1. The second kappa shape index (κ2) is 4.83. The molecule has 0 amide bonds. The Morgan fingerprint density at radius 1 is 1.22 bits per heavy atom. The molecule has 1 aromatic rings. The van der Waals surface area contributed by atoms with Crippen LogP contribution >= 0.6 is 0 Å². The van der Waals surface area contributed by atoms with Crippen molar-refractivity contribution in [1.82, 2.24) is 4.90 Å². The molecule has 1 heterocycles. The van der Waals surface area contributed by atoms with Gasteiger partial charge in [-0.3, -0.25) is 0 Å². The molecule has 1 aliphatic heterocycles. The molecule has 0 aliphatic carbocycles. The summed E-state index contributed by atoms with van der Waals surface area (Å²) in [5.74, 6) is -0.550. The van der Waals surface area contributed by atoms with E-state index in [1.807, 2.05) is 11.9 Å². The van der Waals surface area contributed by atoms with E-state index in [-0.39, 0.29) is 4.90 Å². The summed E-state index contributed by atoms with van der Waals surface area (Å²) in [4.78, 5) is 3.87. The number of anilines is 1. The van der Waals surface area contributed by atoms with Gasteiger partial charge in [0.05, 0.1) is 10.6 Å². The van der Waals surface area contributed by atoms with Crippen molar-refractivity contribution in [2.24, 2.45) is 5.14 Å². The number of hydrogen-bond acceptors (Lipinski definition) is 4. The minimum atomic E-state index is -3.85. The first kappa shape index (κ1) is 13.3. The summed E-state index contributed by atoms with van der Waals surface area (Å²) in [5, 5.41) is 4.96. The molecule has 0 atom stereocenters.